The molecule has 37 heavy (non-hydrogen) atoms. The number of hydrogen-bond donors (Lipinski definition) is 1. The van der Waals surface area contributed by atoms with Gasteiger partial charge in [-0.3, -0.25) is 9.48 Å². The Kier molecular flexibility index (Phi) is 6.44. The minimum absolute atomic E-state index is 0.0208. The van der Waals surface area contributed by atoms with Crippen LogP contribution in [0.4, 0.5) is 27.8 Å². The molecule has 0 spiro atoms. The molecule has 3 aromatic heterocycles. The number of benzene rings is 1. The van der Waals surface area contributed by atoms with Crippen molar-refractivity contribution in [1.29, 1.82) is 0 Å². The summed E-state index contributed by atoms with van der Waals surface area (Å²) in [6.07, 6.45) is -1.82. The molecule has 5 rings (SSSR count). The number of carbonyl (C=O) groups excluding carboxylic acids is 1. The lowest BCUT2D eigenvalue weighted by Crippen LogP contribution is -2.43. The molecule has 4 aromatic rings. The number of halogens is 5. The Balaban J connectivity index is 1.49. The fraction of sp³-hybridized carbons (Fsp3) is 0.292. The summed E-state index contributed by atoms with van der Waals surface area (Å²) >= 11 is 0. The summed E-state index contributed by atoms with van der Waals surface area (Å²) in [6.45, 7) is -0.0208. The van der Waals surface area contributed by atoms with Crippen LogP contribution in [0.5, 0.6) is 0 Å². The molecule has 0 aliphatic heterocycles. The summed E-state index contributed by atoms with van der Waals surface area (Å²) in [7, 11) is 0. The highest BCUT2D eigenvalue weighted by atomic mass is 19.4. The van der Waals surface area contributed by atoms with E-state index < -0.39 is 35.5 Å². The summed E-state index contributed by atoms with van der Waals surface area (Å²) in [5, 5.41) is 10.1. The Bertz CT molecular complexity index is 1420. The first-order valence-corrected chi connectivity index (χ1v) is 11.3. The lowest BCUT2D eigenvalue weighted by Gasteiger charge is -2.21. The van der Waals surface area contributed by atoms with Gasteiger partial charge >= 0.3 is 6.18 Å². The molecule has 1 aliphatic carbocycles. The smallest absolute Gasteiger partial charge is 0.364 e. The molecule has 1 N–H and O–H groups in total. The molecule has 192 valence electrons. The number of nitrogens with zero attached hydrogens (tertiary/aromatic N) is 5. The van der Waals surface area contributed by atoms with Crippen LogP contribution in [0, 0.1) is 17.6 Å². The number of anilines is 1. The zero-order chi connectivity index (χ0) is 26.2. The normalized spacial score (nSPS) is 14.5. The summed E-state index contributed by atoms with van der Waals surface area (Å²) in [4.78, 5) is 20.0. The zero-order valence-electron chi connectivity index (χ0n) is 19.0. The number of carbonyl (C=O) groups is 1. The molecule has 13 heteroatoms. The van der Waals surface area contributed by atoms with Crippen molar-refractivity contribution in [3.8, 4) is 22.9 Å². The first-order chi connectivity index (χ1) is 17.7. The van der Waals surface area contributed by atoms with Gasteiger partial charge in [0.1, 0.15) is 23.5 Å². The third-order valence-corrected chi connectivity index (χ3v) is 5.85. The van der Waals surface area contributed by atoms with Gasteiger partial charge in [0.2, 0.25) is 0 Å². The second-order valence-electron chi connectivity index (χ2n) is 8.67. The highest BCUT2D eigenvalue weighted by Gasteiger charge is 2.46. The predicted molar refractivity (Wildman–Crippen MR) is 120 cm³/mol. The number of hydrogen-bond acceptors (Lipinski definition) is 7. The maximum Gasteiger partial charge on any atom is 0.415 e. The Morgan fingerprint density at radius 2 is 1.92 bits per heavy atom. The second-order valence-corrected chi connectivity index (χ2v) is 8.67. The first kappa shape index (κ1) is 24.5. The lowest BCUT2D eigenvalue weighted by atomic mass is 10.1. The van der Waals surface area contributed by atoms with E-state index in [2.05, 4.69) is 20.2 Å². The average Bonchev–Trinajstić information content (AvgIpc) is 3.32. The van der Waals surface area contributed by atoms with Crippen molar-refractivity contribution >= 4 is 11.6 Å². The first-order valence-electron chi connectivity index (χ1n) is 11.3. The van der Waals surface area contributed by atoms with Gasteiger partial charge in [-0.1, -0.05) is 23.4 Å². The SMILES string of the molecule is O=C(CC1CC1)C(Nc1nc(-c2cc(-c3ccon3)n(Cc3ccccc3F)n2)ncc1F)C(F)(F)F. The summed E-state index contributed by atoms with van der Waals surface area (Å²) < 4.78 is 75.9. The molecule has 3 heterocycles. The van der Waals surface area contributed by atoms with E-state index in [1.54, 1.807) is 12.1 Å². The van der Waals surface area contributed by atoms with E-state index >= 15 is 0 Å². The van der Waals surface area contributed by atoms with Gasteiger partial charge in [-0.2, -0.15) is 18.3 Å². The van der Waals surface area contributed by atoms with Gasteiger partial charge in [-0.15, -0.1) is 0 Å². The van der Waals surface area contributed by atoms with Crippen LogP contribution in [0.15, 0.2) is 53.4 Å². The maximum absolute atomic E-state index is 14.5. The molecule has 1 aliphatic rings. The number of ketones is 1. The average molecular weight is 518 g/mol. The van der Waals surface area contributed by atoms with Gasteiger partial charge in [0.25, 0.3) is 0 Å². The van der Waals surface area contributed by atoms with Crippen LogP contribution in [0.25, 0.3) is 22.9 Å². The highest BCUT2D eigenvalue weighted by Crippen LogP contribution is 2.35. The van der Waals surface area contributed by atoms with Crippen molar-refractivity contribution in [1.82, 2.24) is 24.9 Å². The van der Waals surface area contributed by atoms with Gasteiger partial charge in [-0.05, 0) is 30.9 Å². The van der Waals surface area contributed by atoms with Gasteiger partial charge in [0.05, 0.1) is 18.4 Å². The third kappa shape index (κ3) is 5.49. The Hall–Kier alpha value is -4.16. The molecule has 1 aromatic carbocycles. The van der Waals surface area contributed by atoms with E-state index in [0.29, 0.717) is 36.0 Å². The zero-order valence-corrected chi connectivity index (χ0v) is 19.0. The highest BCUT2D eigenvalue weighted by molar-refractivity contribution is 5.87. The lowest BCUT2D eigenvalue weighted by molar-refractivity contribution is -0.158. The largest absolute Gasteiger partial charge is 0.415 e. The van der Waals surface area contributed by atoms with Crippen LogP contribution in [0.1, 0.15) is 24.8 Å². The molecule has 8 nitrogen and oxygen atoms in total. The van der Waals surface area contributed by atoms with Crippen molar-refractivity contribution in [3.63, 3.8) is 0 Å². The maximum atomic E-state index is 14.5. The standard InChI is InChI=1S/C24H19F5N6O2/c25-15-4-2-1-3-14(15)12-35-19(17-7-8-37-34-17)10-18(33-35)23-30-11-16(26)22(32-23)31-21(24(27,28)29)20(36)9-13-5-6-13/h1-4,7-8,10-11,13,21H,5-6,9,12H2,(H,30,31,32). The molecule has 1 unspecified atom stereocenters. The molecule has 1 atom stereocenters. The van der Waals surface area contributed by atoms with Crippen LogP contribution >= 0.6 is 0 Å². The quantitative estimate of drug-likeness (QED) is 0.310. The van der Waals surface area contributed by atoms with Crippen molar-refractivity contribution in [2.45, 2.75) is 38.0 Å². The Morgan fingerprint density at radius 3 is 2.59 bits per heavy atom. The van der Waals surface area contributed by atoms with Gasteiger partial charge < -0.3 is 9.84 Å². The number of rotatable bonds is 9. The predicted octanol–water partition coefficient (Wildman–Crippen LogP) is 5.03. The van der Waals surface area contributed by atoms with Gasteiger partial charge in [0, 0.05) is 18.1 Å². The molecule has 0 bridgehead atoms. The van der Waals surface area contributed by atoms with Crippen LogP contribution in [0.3, 0.4) is 0 Å². The third-order valence-electron chi connectivity index (χ3n) is 5.85. The van der Waals surface area contributed by atoms with E-state index in [0.717, 1.165) is 0 Å². The minimum Gasteiger partial charge on any atom is -0.364 e. The summed E-state index contributed by atoms with van der Waals surface area (Å²) in [5.74, 6) is -3.81. The second kappa shape index (κ2) is 9.71. The van der Waals surface area contributed by atoms with Crippen LogP contribution < -0.4 is 5.32 Å². The number of nitrogens with one attached hydrogen (secondary N) is 1. The van der Waals surface area contributed by atoms with Gasteiger partial charge in [0.15, 0.2) is 29.3 Å². The molecule has 1 fully saturated rings. The van der Waals surface area contributed by atoms with E-state index in [-0.39, 0.29) is 30.4 Å². The van der Waals surface area contributed by atoms with Crippen molar-refractivity contribution in [2.24, 2.45) is 5.92 Å². The monoisotopic (exact) mass is 518 g/mol. The summed E-state index contributed by atoms with van der Waals surface area (Å²) in [5.41, 5.74) is 1.09. The fourth-order valence-electron chi connectivity index (χ4n) is 3.78. The van der Waals surface area contributed by atoms with Crippen molar-refractivity contribution in [3.05, 3.63) is 66.1 Å². The van der Waals surface area contributed by atoms with E-state index in [1.165, 1.54) is 35.2 Å². The number of aromatic nitrogens is 5. The number of Topliss-reactive ketones (excluding diaryl/α,β-unsaturated/α-hetero) is 1. The molecule has 0 saturated heterocycles. The molecular weight excluding hydrogens is 499 g/mol. The van der Waals surface area contributed by atoms with Crippen molar-refractivity contribution in [2.75, 3.05) is 5.32 Å². The Morgan fingerprint density at radius 1 is 1.14 bits per heavy atom. The van der Waals surface area contributed by atoms with E-state index in [9.17, 15) is 26.7 Å². The minimum atomic E-state index is -4.95. The van der Waals surface area contributed by atoms with Crippen LogP contribution in [-0.2, 0) is 11.3 Å². The van der Waals surface area contributed by atoms with E-state index in [1.807, 2.05) is 5.32 Å². The van der Waals surface area contributed by atoms with Crippen LogP contribution in [0.2, 0.25) is 0 Å². The topological polar surface area (TPSA) is 98.7 Å². The Labute approximate surface area is 206 Å². The molecule has 0 amide bonds. The fourth-order valence-corrected chi connectivity index (χ4v) is 3.78. The summed E-state index contributed by atoms with van der Waals surface area (Å²) in [6, 6.07) is 6.44. The van der Waals surface area contributed by atoms with Gasteiger partial charge in [-0.25, -0.2) is 18.7 Å². The van der Waals surface area contributed by atoms with Crippen LogP contribution in [-0.4, -0.2) is 42.9 Å². The molecule has 1 saturated carbocycles. The van der Waals surface area contributed by atoms with E-state index in [4.69, 9.17) is 4.52 Å². The molecule has 0 radical (unpaired) electrons. The molecular formula is C24H19F5N6O2. The van der Waals surface area contributed by atoms with Crippen molar-refractivity contribution < 1.29 is 31.3 Å². The number of alkyl halides is 3.